The van der Waals surface area contributed by atoms with Crippen molar-refractivity contribution in [3.05, 3.63) is 48.0 Å². The van der Waals surface area contributed by atoms with Gasteiger partial charge in [0, 0.05) is 29.3 Å². The van der Waals surface area contributed by atoms with E-state index in [4.69, 9.17) is 0 Å². The van der Waals surface area contributed by atoms with Gasteiger partial charge in [0.2, 0.25) is 0 Å². The molecule has 146 valence electrons. The van der Waals surface area contributed by atoms with Crippen molar-refractivity contribution in [2.75, 3.05) is 10.8 Å². The predicted molar refractivity (Wildman–Crippen MR) is 109 cm³/mol. The molecule has 1 amide bonds. The first-order valence-electron chi connectivity index (χ1n) is 10.1. The van der Waals surface area contributed by atoms with Crippen molar-refractivity contribution in [3.63, 3.8) is 0 Å². The number of rotatable bonds is 3. The Balaban J connectivity index is 1.52. The molecule has 1 heterocycles. The lowest BCUT2D eigenvalue weighted by molar-refractivity contribution is 0.0923. The summed E-state index contributed by atoms with van der Waals surface area (Å²) in [4.78, 5) is 13.2. The molecule has 0 spiro atoms. The maximum Gasteiger partial charge on any atom is 0.264 e. The lowest BCUT2D eigenvalue weighted by Crippen LogP contribution is -2.38. The molecule has 2 aromatic rings. The molecule has 3 aliphatic rings. The van der Waals surface area contributed by atoms with E-state index in [1.165, 1.54) is 23.6 Å². The molecule has 5 rings (SSSR count). The second-order valence-corrected chi connectivity index (χ2v) is 9.98. The molecule has 0 radical (unpaired) electrons. The van der Waals surface area contributed by atoms with Gasteiger partial charge in [0.15, 0.2) is 0 Å². The van der Waals surface area contributed by atoms with E-state index in [1.54, 1.807) is 24.3 Å². The molecule has 2 fully saturated rings. The Kier molecular flexibility index (Phi) is 4.02. The van der Waals surface area contributed by atoms with Gasteiger partial charge in [0.05, 0.1) is 10.6 Å². The summed E-state index contributed by atoms with van der Waals surface area (Å²) < 4.78 is 27.4. The van der Waals surface area contributed by atoms with E-state index >= 15 is 0 Å². The number of nitrogens with one attached hydrogen (secondary N) is 1. The molecule has 6 heteroatoms. The summed E-state index contributed by atoms with van der Waals surface area (Å²) in [5.74, 6) is 1.33. The maximum absolute atomic E-state index is 13.0. The quantitative estimate of drug-likeness (QED) is 0.858. The van der Waals surface area contributed by atoms with E-state index in [-0.39, 0.29) is 11.9 Å². The minimum Gasteiger partial charge on any atom is -0.349 e. The summed E-state index contributed by atoms with van der Waals surface area (Å²) in [5, 5.41) is 3.23. The number of sulfonamides is 1. The Morgan fingerprint density at radius 3 is 2.64 bits per heavy atom. The topological polar surface area (TPSA) is 66.5 Å². The number of fused-ring (bicyclic) bond motifs is 5. The highest BCUT2D eigenvalue weighted by Gasteiger charge is 2.40. The van der Waals surface area contributed by atoms with E-state index in [9.17, 15) is 13.2 Å². The van der Waals surface area contributed by atoms with Crippen molar-refractivity contribution >= 4 is 21.6 Å². The van der Waals surface area contributed by atoms with Gasteiger partial charge < -0.3 is 5.32 Å². The molecule has 0 aromatic heterocycles. The van der Waals surface area contributed by atoms with Crippen molar-refractivity contribution in [1.82, 2.24) is 5.32 Å². The van der Waals surface area contributed by atoms with Gasteiger partial charge in [-0.3, -0.25) is 9.10 Å². The second kappa shape index (κ2) is 6.34. The Hall–Kier alpha value is -2.34. The number of amides is 1. The Morgan fingerprint density at radius 2 is 1.93 bits per heavy atom. The van der Waals surface area contributed by atoms with Gasteiger partial charge in [-0.1, -0.05) is 24.6 Å². The molecule has 5 nitrogen and oxygen atoms in total. The molecule has 2 aromatic carbocycles. The van der Waals surface area contributed by atoms with Gasteiger partial charge in [-0.15, -0.1) is 0 Å². The van der Waals surface area contributed by atoms with Crippen molar-refractivity contribution in [2.45, 2.75) is 43.5 Å². The largest absolute Gasteiger partial charge is 0.349 e. The van der Waals surface area contributed by atoms with Crippen LogP contribution in [0.3, 0.4) is 0 Å². The number of hydrogen-bond donors (Lipinski definition) is 1. The molecular weight excluding hydrogens is 372 g/mol. The van der Waals surface area contributed by atoms with Crippen LogP contribution in [0.25, 0.3) is 11.1 Å². The van der Waals surface area contributed by atoms with Crippen molar-refractivity contribution in [3.8, 4) is 11.1 Å². The standard InChI is InChI=1S/C22H24N2O3S/c1-2-24-20-10-9-16(22(25)23-19-12-14-7-8-15(19)11-14)13-18(20)17-5-3-4-6-21(17)28(24,26)27/h3-6,9-10,13-15,19H,2,7-8,11-12H2,1H3,(H,23,25)/t14-,15-,19-/m0/s1. The van der Waals surface area contributed by atoms with E-state index in [0.717, 1.165) is 17.9 Å². The van der Waals surface area contributed by atoms with Gasteiger partial charge in [-0.25, -0.2) is 8.42 Å². The van der Waals surface area contributed by atoms with Gasteiger partial charge in [0.25, 0.3) is 15.9 Å². The zero-order valence-corrected chi connectivity index (χ0v) is 16.7. The summed E-state index contributed by atoms with van der Waals surface area (Å²) in [7, 11) is -3.57. The average Bonchev–Trinajstić information content (AvgIpc) is 3.31. The predicted octanol–water partition coefficient (Wildman–Crippen LogP) is 3.80. The fraction of sp³-hybridized carbons (Fsp3) is 0.409. The fourth-order valence-electron chi connectivity index (χ4n) is 5.29. The lowest BCUT2D eigenvalue weighted by atomic mass is 9.94. The minimum atomic E-state index is -3.57. The molecule has 3 atom stereocenters. The average molecular weight is 397 g/mol. The molecule has 1 N–H and O–H groups in total. The summed E-state index contributed by atoms with van der Waals surface area (Å²) >= 11 is 0. The van der Waals surface area contributed by atoms with Gasteiger partial charge in [-0.2, -0.15) is 0 Å². The Bertz CT molecular complexity index is 1060. The van der Waals surface area contributed by atoms with Crippen molar-refractivity contribution in [2.24, 2.45) is 11.8 Å². The lowest BCUT2D eigenvalue weighted by Gasteiger charge is -2.31. The first-order chi connectivity index (χ1) is 13.5. The number of carbonyl (C=O) groups excluding carboxylic acids is 1. The van der Waals surface area contributed by atoms with E-state index in [1.807, 2.05) is 25.1 Å². The number of benzene rings is 2. The van der Waals surface area contributed by atoms with Crippen LogP contribution in [0.1, 0.15) is 43.0 Å². The number of anilines is 1. The molecule has 1 aliphatic heterocycles. The smallest absolute Gasteiger partial charge is 0.264 e. The van der Waals surface area contributed by atoms with Crippen molar-refractivity contribution in [1.29, 1.82) is 0 Å². The monoisotopic (exact) mass is 396 g/mol. The van der Waals surface area contributed by atoms with Gasteiger partial charge in [-0.05, 0) is 62.3 Å². The zero-order chi connectivity index (χ0) is 19.5. The molecule has 2 saturated carbocycles. The van der Waals surface area contributed by atoms with Crippen LogP contribution in [-0.2, 0) is 10.0 Å². The van der Waals surface area contributed by atoms with E-state index < -0.39 is 10.0 Å². The zero-order valence-electron chi connectivity index (χ0n) is 15.9. The first kappa shape index (κ1) is 17.7. The van der Waals surface area contributed by atoms with Crippen LogP contribution < -0.4 is 9.62 Å². The van der Waals surface area contributed by atoms with Crippen LogP contribution in [0.5, 0.6) is 0 Å². The summed E-state index contributed by atoms with van der Waals surface area (Å²) in [6.07, 6.45) is 4.85. The first-order valence-corrected chi connectivity index (χ1v) is 11.5. The number of carbonyl (C=O) groups is 1. The minimum absolute atomic E-state index is 0.0608. The molecule has 2 aliphatic carbocycles. The molecule has 0 unspecified atom stereocenters. The Morgan fingerprint density at radius 1 is 1.11 bits per heavy atom. The number of hydrogen-bond acceptors (Lipinski definition) is 3. The SMILES string of the molecule is CCN1c2ccc(C(=O)N[C@H]3C[C@H]4CC[C@H]3C4)cc2-c2ccccc2S1(=O)=O. The second-order valence-electron chi connectivity index (χ2n) is 8.15. The Labute approximate surface area is 165 Å². The van der Waals surface area contributed by atoms with Crippen LogP contribution in [-0.4, -0.2) is 26.9 Å². The van der Waals surface area contributed by atoms with Crippen molar-refractivity contribution < 1.29 is 13.2 Å². The van der Waals surface area contributed by atoms with Crippen LogP contribution in [0.4, 0.5) is 5.69 Å². The summed E-state index contributed by atoms with van der Waals surface area (Å²) in [6, 6.07) is 12.7. The summed E-state index contributed by atoms with van der Waals surface area (Å²) in [6.45, 7) is 2.17. The van der Waals surface area contributed by atoms with Crippen LogP contribution >= 0.6 is 0 Å². The molecule has 2 bridgehead atoms. The fourth-order valence-corrected chi connectivity index (χ4v) is 6.99. The number of nitrogens with zero attached hydrogens (tertiary/aromatic N) is 1. The van der Waals surface area contributed by atoms with E-state index in [0.29, 0.717) is 34.2 Å². The molecule has 0 saturated heterocycles. The third-order valence-corrected chi connectivity index (χ3v) is 8.56. The van der Waals surface area contributed by atoms with Crippen LogP contribution in [0.15, 0.2) is 47.4 Å². The third kappa shape index (κ3) is 2.58. The van der Waals surface area contributed by atoms with Crippen LogP contribution in [0, 0.1) is 11.8 Å². The maximum atomic E-state index is 13.0. The highest BCUT2D eigenvalue weighted by atomic mass is 32.2. The van der Waals surface area contributed by atoms with Crippen LogP contribution in [0.2, 0.25) is 0 Å². The van der Waals surface area contributed by atoms with Gasteiger partial charge >= 0.3 is 0 Å². The highest BCUT2D eigenvalue weighted by molar-refractivity contribution is 7.93. The van der Waals surface area contributed by atoms with Gasteiger partial charge in [0.1, 0.15) is 0 Å². The highest BCUT2D eigenvalue weighted by Crippen LogP contribution is 2.45. The molecular formula is C22H24N2O3S. The third-order valence-electron chi connectivity index (χ3n) is 6.61. The molecule has 28 heavy (non-hydrogen) atoms. The normalized spacial score (nSPS) is 26.6. The van der Waals surface area contributed by atoms with E-state index in [2.05, 4.69) is 5.32 Å². The summed E-state index contributed by atoms with van der Waals surface area (Å²) in [5.41, 5.74) is 2.69.